The summed E-state index contributed by atoms with van der Waals surface area (Å²) >= 11 is 0. The molecule has 1 rings (SSSR count). The van der Waals surface area contributed by atoms with Crippen LogP contribution in [0.5, 0.6) is 11.5 Å². The quantitative estimate of drug-likeness (QED) is 0.769. The number of phenols is 1. The Labute approximate surface area is 111 Å². The van der Waals surface area contributed by atoms with Gasteiger partial charge in [-0.25, -0.2) is 9.18 Å². The first-order valence-corrected chi connectivity index (χ1v) is 6.03. The van der Waals surface area contributed by atoms with Crippen molar-refractivity contribution in [2.45, 2.75) is 26.1 Å². The lowest BCUT2D eigenvalue weighted by Gasteiger charge is -2.17. The lowest BCUT2D eigenvalue weighted by molar-refractivity contribution is -0.149. The summed E-state index contributed by atoms with van der Waals surface area (Å²) in [4.78, 5) is 11.3. The van der Waals surface area contributed by atoms with Crippen LogP contribution >= 0.6 is 0 Å². The fraction of sp³-hybridized carbons (Fsp3) is 0.462. The van der Waals surface area contributed by atoms with E-state index in [0.29, 0.717) is 12.2 Å². The number of aromatic hydroxyl groups is 1. The molecule has 0 aromatic heterocycles. The third-order valence-electron chi connectivity index (χ3n) is 2.50. The molecule has 0 aliphatic rings. The standard InChI is InChI=1S/C13H18FNO4/c1-3-18-10-7-8(5-6-9(10)16)12(15)11(14)13(17)19-4-2/h5-7,11-12,16H,3-4,15H2,1-2H3/t11?,12-/m0/s1. The molecule has 0 aliphatic carbocycles. The van der Waals surface area contributed by atoms with Crippen LogP contribution in [-0.2, 0) is 9.53 Å². The highest BCUT2D eigenvalue weighted by Crippen LogP contribution is 2.30. The molecule has 0 saturated carbocycles. The van der Waals surface area contributed by atoms with Crippen LogP contribution in [0.3, 0.4) is 0 Å². The Hall–Kier alpha value is -1.82. The first kappa shape index (κ1) is 15.2. The summed E-state index contributed by atoms with van der Waals surface area (Å²) in [5.74, 6) is -0.864. The van der Waals surface area contributed by atoms with Gasteiger partial charge in [0, 0.05) is 0 Å². The molecule has 1 unspecified atom stereocenters. The van der Waals surface area contributed by atoms with Gasteiger partial charge in [0.05, 0.1) is 19.3 Å². The Morgan fingerprint density at radius 3 is 2.68 bits per heavy atom. The number of carbonyl (C=O) groups is 1. The average molecular weight is 271 g/mol. The van der Waals surface area contributed by atoms with Gasteiger partial charge in [-0.2, -0.15) is 0 Å². The zero-order valence-electron chi connectivity index (χ0n) is 10.9. The van der Waals surface area contributed by atoms with Crippen molar-refractivity contribution in [1.82, 2.24) is 0 Å². The lowest BCUT2D eigenvalue weighted by atomic mass is 10.0. The SMILES string of the molecule is CCOC(=O)C(F)[C@@H](N)c1ccc(O)c(OCC)c1. The second-order valence-corrected chi connectivity index (χ2v) is 3.84. The summed E-state index contributed by atoms with van der Waals surface area (Å²) < 4.78 is 23.5. The fourth-order valence-corrected chi connectivity index (χ4v) is 1.55. The molecule has 1 aromatic carbocycles. The molecular formula is C13H18FNO4. The van der Waals surface area contributed by atoms with Gasteiger partial charge >= 0.3 is 5.97 Å². The highest BCUT2D eigenvalue weighted by atomic mass is 19.1. The predicted molar refractivity (Wildman–Crippen MR) is 67.7 cm³/mol. The number of benzene rings is 1. The predicted octanol–water partition coefficient (Wildman–Crippen LogP) is 1.69. The van der Waals surface area contributed by atoms with E-state index >= 15 is 0 Å². The van der Waals surface area contributed by atoms with Crippen molar-refractivity contribution in [1.29, 1.82) is 0 Å². The van der Waals surface area contributed by atoms with Gasteiger partial charge in [0.2, 0.25) is 6.17 Å². The van der Waals surface area contributed by atoms with Gasteiger partial charge in [0.15, 0.2) is 11.5 Å². The summed E-state index contributed by atoms with van der Waals surface area (Å²) in [6.45, 7) is 3.78. The first-order chi connectivity index (χ1) is 9.01. The Morgan fingerprint density at radius 2 is 2.11 bits per heavy atom. The molecule has 0 saturated heterocycles. The van der Waals surface area contributed by atoms with E-state index in [1.807, 2.05) is 0 Å². The smallest absolute Gasteiger partial charge is 0.342 e. The van der Waals surface area contributed by atoms with E-state index in [0.717, 1.165) is 0 Å². The number of alkyl halides is 1. The monoisotopic (exact) mass is 271 g/mol. The summed E-state index contributed by atoms with van der Waals surface area (Å²) in [5, 5.41) is 9.53. The zero-order valence-corrected chi connectivity index (χ0v) is 10.9. The molecule has 0 radical (unpaired) electrons. The van der Waals surface area contributed by atoms with E-state index in [-0.39, 0.29) is 18.1 Å². The Balaban J connectivity index is 2.89. The maximum Gasteiger partial charge on any atom is 0.342 e. The highest BCUT2D eigenvalue weighted by Gasteiger charge is 2.28. The number of nitrogens with two attached hydrogens (primary N) is 1. The van der Waals surface area contributed by atoms with Gasteiger partial charge in [0.25, 0.3) is 0 Å². The molecule has 19 heavy (non-hydrogen) atoms. The number of hydrogen-bond donors (Lipinski definition) is 2. The van der Waals surface area contributed by atoms with Crippen LogP contribution in [0, 0.1) is 0 Å². The molecule has 3 N–H and O–H groups in total. The minimum absolute atomic E-state index is 0.0654. The number of ether oxygens (including phenoxy) is 2. The Morgan fingerprint density at radius 1 is 1.42 bits per heavy atom. The maximum absolute atomic E-state index is 13.8. The molecule has 2 atom stereocenters. The lowest BCUT2D eigenvalue weighted by Crippen LogP contribution is -2.31. The van der Waals surface area contributed by atoms with Gasteiger partial charge in [-0.05, 0) is 31.5 Å². The summed E-state index contributed by atoms with van der Waals surface area (Å²) in [6.07, 6.45) is -1.96. The van der Waals surface area contributed by atoms with Crippen LogP contribution in [0.25, 0.3) is 0 Å². The number of esters is 1. The normalized spacial score (nSPS) is 13.7. The van der Waals surface area contributed by atoms with E-state index in [4.69, 9.17) is 10.5 Å². The number of hydrogen-bond acceptors (Lipinski definition) is 5. The molecule has 0 aliphatic heterocycles. The van der Waals surface area contributed by atoms with Crippen LogP contribution in [-0.4, -0.2) is 30.5 Å². The topological polar surface area (TPSA) is 81.8 Å². The van der Waals surface area contributed by atoms with Crippen molar-refractivity contribution in [3.8, 4) is 11.5 Å². The van der Waals surface area contributed by atoms with Gasteiger partial charge in [-0.15, -0.1) is 0 Å². The van der Waals surface area contributed by atoms with E-state index in [2.05, 4.69) is 4.74 Å². The molecule has 6 heteroatoms. The van der Waals surface area contributed by atoms with Crippen molar-refractivity contribution in [3.63, 3.8) is 0 Å². The molecule has 0 spiro atoms. The molecule has 0 amide bonds. The third kappa shape index (κ3) is 3.82. The summed E-state index contributed by atoms with van der Waals surface area (Å²) in [6, 6.07) is 3.03. The van der Waals surface area contributed by atoms with Crippen LogP contribution in [0.2, 0.25) is 0 Å². The average Bonchev–Trinajstić information content (AvgIpc) is 2.40. The molecular weight excluding hydrogens is 253 g/mol. The van der Waals surface area contributed by atoms with Crippen LogP contribution in [0.1, 0.15) is 25.5 Å². The van der Waals surface area contributed by atoms with Crippen LogP contribution < -0.4 is 10.5 Å². The molecule has 0 fully saturated rings. The molecule has 0 heterocycles. The second-order valence-electron chi connectivity index (χ2n) is 3.84. The summed E-state index contributed by atoms with van der Waals surface area (Å²) in [5.41, 5.74) is 6.02. The molecule has 106 valence electrons. The van der Waals surface area contributed by atoms with Crippen molar-refractivity contribution in [2.75, 3.05) is 13.2 Å². The number of phenolic OH excluding ortho intramolecular Hbond substituents is 1. The fourth-order valence-electron chi connectivity index (χ4n) is 1.55. The van der Waals surface area contributed by atoms with E-state index in [9.17, 15) is 14.3 Å². The number of halogens is 1. The maximum atomic E-state index is 13.8. The summed E-state index contributed by atoms with van der Waals surface area (Å²) in [7, 11) is 0. The zero-order chi connectivity index (χ0) is 14.4. The van der Waals surface area contributed by atoms with E-state index in [1.54, 1.807) is 13.8 Å². The third-order valence-corrected chi connectivity index (χ3v) is 2.50. The minimum atomic E-state index is -1.96. The van der Waals surface area contributed by atoms with Crippen molar-refractivity contribution in [2.24, 2.45) is 5.73 Å². The van der Waals surface area contributed by atoms with Gasteiger partial charge < -0.3 is 20.3 Å². The Kier molecular flexibility index (Phi) is 5.57. The molecule has 0 bridgehead atoms. The highest BCUT2D eigenvalue weighted by molar-refractivity contribution is 5.75. The molecule has 5 nitrogen and oxygen atoms in total. The van der Waals surface area contributed by atoms with Crippen LogP contribution in [0.4, 0.5) is 4.39 Å². The van der Waals surface area contributed by atoms with Gasteiger partial charge in [-0.3, -0.25) is 0 Å². The van der Waals surface area contributed by atoms with Gasteiger partial charge in [-0.1, -0.05) is 6.07 Å². The van der Waals surface area contributed by atoms with Crippen LogP contribution in [0.15, 0.2) is 18.2 Å². The second kappa shape index (κ2) is 6.94. The number of carbonyl (C=O) groups excluding carboxylic acids is 1. The first-order valence-electron chi connectivity index (χ1n) is 6.03. The Bertz CT molecular complexity index is 439. The minimum Gasteiger partial charge on any atom is -0.504 e. The van der Waals surface area contributed by atoms with Crippen molar-refractivity contribution < 1.29 is 23.8 Å². The van der Waals surface area contributed by atoms with Crippen molar-refractivity contribution >= 4 is 5.97 Å². The van der Waals surface area contributed by atoms with Gasteiger partial charge in [0.1, 0.15) is 0 Å². The van der Waals surface area contributed by atoms with Crippen molar-refractivity contribution in [3.05, 3.63) is 23.8 Å². The van der Waals surface area contributed by atoms with E-state index in [1.165, 1.54) is 18.2 Å². The van der Waals surface area contributed by atoms with E-state index < -0.39 is 18.2 Å². The molecule has 1 aromatic rings. The number of rotatable bonds is 6. The largest absolute Gasteiger partial charge is 0.504 e.